The summed E-state index contributed by atoms with van der Waals surface area (Å²) in [7, 11) is 0. The summed E-state index contributed by atoms with van der Waals surface area (Å²) in [6.45, 7) is 3.51. The van der Waals surface area contributed by atoms with Crippen LogP contribution in [0.15, 0.2) is 17.1 Å². The van der Waals surface area contributed by atoms with Crippen LogP contribution in [0.5, 0.6) is 0 Å². The lowest BCUT2D eigenvalue weighted by molar-refractivity contribution is 0.0986. The molecule has 0 radical (unpaired) electrons. The largest absolute Gasteiger partial charge is 0.328 e. The van der Waals surface area contributed by atoms with Gasteiger partial charge in [-0.05, 0) is 18.6 Å². The topological polar surface area (TPSA) is 49.9 Å². The Hall–Kier alpha value is -1.38. The highest BCUT2D eigenvalue weighted by Gasteiger charge is 2.10. The van der Waals surface area contributed by atoms with Gasteiger partial charge in [0.25, 0.3) is 5.56 Å². The minimum Gasteiger partial charge on any atom is -0.328 e. The fourth-order valence-electron chi connectivity index (χ4n) is 1.10. The quantitative estimate of drug-likeness (QED) is 0.671. The minimum atomic E-state index is -0.290. The molecule has 64 valence electrons. The maximum absolute atomic E-state index is 11.2. The van der Waals surface area contributed by atoms with Crippen LogP contribution in [-0.2, 0) is 0 Å². The lowest BCUT2D eigenvalue weighted by atomic mass is 10.1. The number of nitrogens with one attached hydrogen (secondary N) is 1. The van der Waals surface area contributed by atoms with Gasteiger partial charge in [-0.25, -0.2) is 0 Å². The Labute approximate surface area is 70.4 Å². The minimum absolute atomic E-state index is 0.102. The predicted octanol–water partition coefficient (Wildman–Crippen LogP) is 1.28. The molecule has 0 saturated heterocycles. The molecule has 3 nitrogen and oxygen atoms in total. The molecule has 0 spiro atoms. The van der Waals surface area contributed by atoms with Crippen molar-refractivity contribution in [3.63, 3.8) is 0 Å². The molecule has 1 N–H and O–H groups in total. The Morgan fingerprint density at radius 1 is 1.58 bits per heavy atom. The molecule has 0 unspecified atom stereocenters. The molecule has 1 heterocycles. The molecule has 0 fully saturated rings. The number of aryl methyl sites for hydroxylation is 1. The fourth-order valence-corrected chi connectivity index (χ4v) is 1.10. The van der Waals surface area contributed by atoms with E-state index in [1.807, 2.05) is 0 Å². The Morgan fingerprint density at radius 3 is 2.75 bits per heavy atom. The van der Waals surface area contributed by atoms with Crippen molar-refractivity contribution in [1.82, 2.24) is 4.98 Å². The van der Waals surface area contributed by atoms with E-state index in [2.05, 4.69) is 4.98 Å². The maximum Gasteiger partial charge on any atom is 0.259 e. The first-order chi connectivity index (χ1) is 5.66. The normalized spacial score (nSPS) is 9.83. The highest BCUT2D eigenvalue weighted by atomic mass is 16.1. The second kappa shape index (κ2) is 3.34. The Balaban J connectivity index is 3.31. The Kier molecular flexibility index (Phi) is 2.43. The van der Waals surface area contributed by atoms with Gasteiger partial charge in [0, 0.05) is 12.6 Å². The zero-order valence-electron chi connectivity index (χ0n) is 7.18. The highest BCUT2D eigenvalue weighted by Crippen LogP contribution is 2.02. The number of aromatic amines is 1. The number of aromatic nitrogens is 1. The van der Waals surface area contributed by atoms with Crippen LogP contribution in [0.4, 0.5) is 0 Å². The summed E-state index contributed by atoms with van der Waals surface area (Å²) in [5.41, 5.74) is 0.743. The molecule has 3 heteroatoms. The SMILES string of the molecule is CCC(=O)c1c(C)cc[nH]c1=O. The number of ketones is 1. The van der Waals surface area contributed by atoms with Crippen LogP contribution in [0.3, 0.4) is 0 Å². The van der Waals surface area contributed by atoms with Crippen molar-refractivity contribution in [2.24, 2.45) is 0 Å². The van der Waals surface area contributed by atoms with E-state index in [-0.39, 0.29) is 11.3 Å². The number of rotatable bonds is 2. The highest BCUT2D eigenvalue weighted by molar-refractivity contribution is 5.96. The first-order valence-corrected chi connectivity index (χ1v) is 3.88. The van der Waals surface area contributed by atoms with E-state index in [0.717, 1.165) is 5.56 Å². The Bertz CT molecular complexity index is 352. The number of pyridine rings is 1. The average Bonchev–Trinajstić information content (AvgIpc) is 2.03. The molecule has 0 atom stereocenters. The van der Waals surface area contributed by atoms with Crippen LogP contribution >= 0.6 is 0 Å². The molecule has 0 aliphatic heterocycles. The predicted molar refractivity (Wildman–Crippen MR) is 46.4 cm³/mol. The number of Topliss-reactive ketones (excluding diaryl/α,β-unsaturated/α-hetero) is 1. The van der Waals surface area contributed by atoms with E-state index in [4.69, 9.17) is 0 Å². The van der Waals surface area contributed by atoms with Crippen LogP contribution in [0.25, 0.3) is 0 Å². The van der Waals surface area contributed by atoms with Crippen LogP contribution < -0.4 is 5.56 Å². The first-order valence-electron chi connectivity index (χ1n) is 3.88. The average molecular weight is 165 g/mol. The van der Waals surface area contributed by atoms with Crippen molar-refractivity contribution < 1.29 is 4.79 Å². The third-order valence-corrected chi connectivity index (χ3v) is 1.77. The lowest BCUT2D eigenvalue weighted by Gasteiger charge is -1.99. The summed E-state index contributed by atoms with van der Waals surface area (Å²) in [5.74, 6) is -0.102. The van der Waals surface area contributed by atoms with Gasteiger partial charge in [-0.15, -0.1) is 0 Å². The molecule has 0 bridgehead atoms. The molecule has 12 heavy (non-hydrogen) atoms. The van der Waals surface area contributed by atoms with Gasteiger partial charge in [-0.2, -0.15) is 0 Å². The smallest absolute Gasteiger partial charge is 0.259 e. The van der Waals surface area contributed by atoms with Gasteiger partial charge in [0.15, 0.2) is 5.78 Å². The van der Waals surface area contributed by atoms with E-state index in [1.165, 1.54) is 0 Å². The number of H-pyrrole nitrogens is 1. The number of hydrogen-bond donors (Lipinski definition) is 1. The van der Waals surface area contributed by atoms with E-state index >= 15 is 0 Å². The van der Waals surface area contributed by atoms with E-state index in [1.54, 1.807) is 26.1 Å². The summed E-state index contributed by atoms with van der Waals surface area (Å²) in [6, 6.07) is 1.73. The first kappa shape index (κ1) is 8.71. The molecule has 1 aromatic rings. The number of carbonyl (C=O) groups excluding carboxylic acids is 1. The van der Waals surface area contributed by atoms with Crippen molar-refractivity contribution >= 4 is 5.78 Å². The second-order valence-corrected chi connectivity index (χ2v) is 2.64. The molecule has 1 aromatic heterocycles. The van der Waals surface area contributed by atoms with Crippen LogP contribution in [0.2, 0.25) is 0 Å². The van der Waals surface area contributed by atoms with E-state index in [0.29, 0.717) is 12.0 Å². The van der Waals surface area contributed by atoms with Crippen molar-refractivity contribution in [3.8, 4) is 0 Å². The van der Waals surface area contributed by atoms with Gasteiger partial charge >= 0.3 is 0 Å². The van der Waals surface area contributed by atoms with Gasteiger partial charge in [0.2, 0.25) is 0 Å². The summed E-state index contributed by atoms with van der Waals surface area (Å²) in [6.07, 6.45) is 1.91. The summed E-state index contributed by atoms with van der Waals surface area (Å²) < 4.78 is 0. The molecular formula is C9H11NO2. The molecule has 0 aliphatic rings. The van der Waals surface area contributed by atoms with Gasteiger partial charge in [-0.1, -0.05) is 6.92 Å². The van der Waals surface area contributed by atoms with Gasteiger partial charge in [-0.3, -0.25) is 9.59 Å². The van der Waals surface area contributed by atoms with Gasteiger partial charge in [0.1, 0.15) is 0 Å². The zero-order chi connectivity index (χ0) is 9.14. The molecule has 1 rings (SSSR count). The fraction of sp³-hybridized carbons (Fsp3) is 0.333. The molecule has 0 aromatic carbocycles. The van der Waals surface area contributed by atoms with E-state index in [9.17, 15) is 9.59 Å². The third kappa shape index (κ3) is 1.44. The molecule has 0 amide bonds. The standard InChI is InChI=1S/C9H11NO2/c1-3-7(11)8-6(2)4-5-10-9(8)12/h4-5H,3H2,1-2H3,(H,10,12). The number of hydrogen-bond acceptors (Lipinski definition) is 2. The van der Waals surface area contributed by atoms with Gasteiger partial charge in [0.05, 0.1) is 5.56 Å². The van der Waals surface area contributed by atoms with Crippen molar-refractivity contribution in [3.05, 3.63) is 33.7 Å². The van der Waals surface area contributed by atoms with Crippen LogP contribution in [0.1, 0.15) is 29.3 Å². The molecule has 0 aliphatic carbocycles. The van der Waals surface area contributed by atoms with Gasteiger partial charge < -0.3 is 4.98 Å². The number of carbonyl (C=O) groups is 1. The summed E-state index contributed by atoms with van der Waals surface area (Å²) >= 11 is 0. The third-order valence-electron chi connectivity index (χ3n) is 1.77. The van der Waals surface area contributed by atoms with Crippen molar-refractivity contribution in [2.45, 2.75) is 20.3 Å². The maximum atomic E-state index is 11.2. The second-order valence-electron chi connectivity index (χ2n) is 2.64. The zero-order valence-corrected chi connectivity index (χ0v) is 7.18. The Morgan fingerprint density at radius 2 is 2.25 bits per heavy atom. The summed E-state index contributed by atoms with van der Waals surface area (Å²) in [5, 5.41) is 0. The lowest BCUT2D eigenvalue weighted by Crippen LogP contribution is -2.18. The molecular weight excluding hydrogens is 154 g/mol. The summed E-state index contributed by atoms with van der Waals surface area (Å²) in [4.78, 5) is 24.9. The van der Waals surface area contributed by atoms with Crippen molar-refractivity contribution in [1.29, 1.82) is 0 Å². The monoisotopic (exact) mass is 165 g/mol. The van der Waals surface area contributed by atoms with Crippen molar-refractivity contribution in [2.75, 3.05) is 0 Å². The van der Waals surface area contributed by atoms with Crippen LogP contribution in [-0.4, -0.2) is 10.8 Å². The van der Waals surface area contributed by atoms with Crippen LogP contribution in [0, 0.1) is 6.92 Å². The van der Waals surface area contributed by atoms with E-state index < -0.39 is 0 Å². The molecule has 0 saturated carbocycles.